The molecule has 0 heterocycles. The van der Waals surface area contributed by atoms with Crippen LogP contribution in [0.2, 0.25) is 0 Å². The van der Waals surface area contributed by atoms with Gasteiger partial charge in [-0.1, -0.05) is 6.07 Å². The zero-order chi connectivity index (χ0) is 17.9. The molecule has 2 N–H and O–H groups in total. The number of esters is 1. The number of unbranched alkanes of at least 4 members (excludes halogenated alkanes) is 2. The summed E-state index contributed by atoms with van der Waals surface area (Å²) in [6.45, 7) is 1.38. The lowest BCUT2D eigenvalue weighted by atomic mass is 10.1. The van der Waals surface area contributed by atoms with Gasteiger partial charge >= 0.3 is 5.97 Å². The van der Waals surface area contributed by atoms with Crippen LogP contribution in [0.1, 0.15) is 43.0 Å². The first-order chi connectivity index (χ1) is 11.5. The molecule has 0 aromatic heterocycles. The average Bonchev–Trinajstić information content (AvgIpc) is 2.56. The number of nitrogens with one attached hydrogen (secondary N) is 2. The van der Waals surface area contributed by atoms with E-state index in [0.717, 1.165) is 0 Å². The van der Waals surface area contributed by atoms with E-state index >= 15 is 0 Å². The highest BCUT2D eigenvalue weighted by atomic mass is 16.5. The van der Waals surface area contributed by atoms with Crippen molar-refractivity contribution in [3.63, 3.8) is 0 Å². The van der Waals surface area contributed by atoms with Crippen LogP contribution < -0.4 is 10.6 Å². The highest BCUT2D eigenvalue weighted by Gasteiger charge is 2.21. The number of carbonyl (C=O) groups is 3. The Kier molecular flexibility index (Phi) is 7.99. The lowest BCUT2D eigenvalue weighted by Crippen LogP contribution is -2.41. The smallest absolute Gasteiger partial charge is 0.328 e. The Morgan fingerprint density at radius 3 is 2.67 bits per heavy atom. The van der Waals surface area contributed by atoms with Crippen LogP contribution in [0, 0.1) is 11.3 Å². The van der Waals surface area contributed by atoms with Crippen LogP contribution in [0.3, 0.4) is 0 Å². The van der Waals surface area contributed by atoms with Crippen molar-refractivity contribution in [3.05, 3.63) is 29.8 Å². The summed E-state index contributed by atoms with van der Waals surface area (Å²) in [5, 5.41) is 13.8. The third-order valence-electron chi connectivity index (χ3n) is 3.27. The van der Waals surface area contributed by atoms with Crippen molar-refractivity contribution >= 4 is 23.5 Å². The summed E-state index contributed by atoms with van der Waals surface area (Å²) in [6.07, 6.45) is 2.07. The summed E-state index contributed by atoms with van der Waals surface area (Å²) < 4.78 is 4.71. The van der Waals surface area contributed by atoms with Crippen LogP contribution in [0.4, 0.5) is 5.69 Å². The number of hydrogen-bond acceptors (Lipinski definition) is 5. The van der Waals surface area contributed by atoms with E-state index in [1.165, 1.54) is 20.1 Å². The minimum absolute atomic E-state index is 0.238. The Hall–Kier alpha value is -2.88. The van der Waals surface area contributed by atoms with E-state index in [2.05, 4.69) is 10.6 Å². The standard InChI is InChI=1S/C17H21N3O4/c1-12(21)19-14-8-6-7-13(11-14)16(22)20-15(17(23)24-2)9-4-3-5-10-18/h6-8,11,15H,3-5,9H2,1-2H3,(H,19,21)(H,20,22)/t15-/m0/s1. The number of carbonyl (C=O) groups excluding carboxylic acids is 3. The van der Waals surface area contributed by atoms with Gasteiger partial charge in [-0.15, -0.1) is 0 Å². The average molecular weight is 331 g/mol. The lowest BCUT2D eigenvalue weighted by Gasteiger charge is -2.16. The van der Waals surface area contributed by atoms with Gasteiger partial charge in [0, 0.05) is 24.6 Å². The maximum Gasteiger partial charge on any atom is 0.328 e. The Bertz CT molecular complexity index is 637. The van der Waals surface area contributed by atoms with Crippen molar-refractivity contribution in [2.45, 2.75) is 38.6 Å². The number of methoxy groups -OCH3 is 1. The maximum absolute atomic E-state index is 12.3. The molecule has 1 rings (SSSR count). The normalized spacial score (nSPS) is 11.0. The molecule has 128 valence electrons. The molecule has 7 heteroatoms. The Balaban J connectivity index is 2.74. The van der Waals surface area contributed by atoms with Crippen molar-refractivity contribution in [1.29, 1.82) is 5.26 Å². The van der Waals surface area contributed by atoms with Gasteiger partial charge in [0.05, 0.1) is 13.2 Å². The van der Waals surface area contributed by atoms with E-state index in [1.807, 2.05) is 6.07 Å². The topological polar surface area (TPSA) is 108 Å². The summed E-state index contributed by atoms with van der Waals surface area (Å²) in [6, 6.07) is 7.68. The molecule has 1 atom stereocenters. The molecular weight excluding hydrogens is 310 g/mol. The zero-order valence-corrected chi connectivity index (χ0v) is 13.8. The molecule has 1 aromatic carbocycles. The maximum atomic E-state index is 12.3. The lowest BCUT2D eigenvalue weighted by molar-refractivity contribution is -0.143. The van der Waals surface area contributed by atoms with Crippen LogP contribution in [0.15, 0.2) is 24.3 Å². The number of amides is 2. The van der Waals surface area contributed by atoms with E-state index in [0.29, 0.717) is 36.9 Å². The molecule has 0 fully saturated rings. The van der Waals surface area contributed by atoms with Gasteiger partial charge in [-0.2, -0.15) is 5.26 Å². The second kappa shape index (κ2) is 10.0. The molecule has 7 nitrogen and oxygen atoms in total. The molecule has 0 aliphatic rings. The number of anilines is 1. The van der Waals surface area contributed by atoms with Crippen LogP contribution in [0.25, 0.3) is 0 Å². The van der Waals surface area contributed by atoms with Gasteiger partial charge in [-0.3, -0.25) is 9.59 Å². The number of ether oxygens (including phenoxy) is 1. The SMILES string of the molecule is COC(=O)[C@H](CCCCC#N)NC(=O)c1cccc(NC(C)=O)c1. The molecule has 0 radical (unpaired) electrons. The molecule has 0 spiro atoms. The van der Waals surface area contributed by atoms with Crippen LogP contribution in [-0.4, -0.2) is 30.9 Å². The van der Waals surface area contributed by atoms with Gasteiger partial charge in [-0.25, -0.2) is 4.79 Å². The molecule has 0 aliphatic heterocycles. The third kappa shape index (κ3) is 6.48. The minimum atomic E-state index is -0.773. The number of nitrogens with zero attached hydrogens (tertiary/aromatic N) is 1. The predicted molar refractivity (Wildman–Crippen MR) is 88.1 cm³/mol. The monoisotopic (exact) mass is 331 g/mol. The summed E-state index contributed by atoms with van der Waals surface area (Å²) in [5.41, 5.74) is 0.825. The first-order valence-corrected chi connectivity index (χ1v) is 7.61. The fourth-order valence-electron chi connectivity index (χ4n) is 2.13. The highest BCUT2D eigenvalue weighted by molar-refractivity contribution is 5.98. The predicted octanol–water partition coefficient (Wildman–Crippen LogP) is 2.00. The molecule has 0 saturated carbocycles. The molecule has 1 aromatic rings. The second-order valence-electron chi connectivity index (χ2n) is 5.22. The van der Waals surface area contributed by atoms with Crippen molar-refractivity contribution in [2.24, 2.45) is 0 Å². The van der Waals surface area contributed by atoms with E-state index in [-0.39, 0.29) is 5.91 Å². The Morgan fingerprint density at radius 2 is 2.04 bits per heavy atom. The van der Waals surface area contributed by atoms with Crippen LogP contribution in [0.5, 0.6) is 0 Å². The number of nitriles is 1. The van der Waals surface area contributed by atoms with Gasteiger partial charge in [-0.05, 0) is 37.5 Å². The van der Waals surface area contributed by atoms with E-state index < -0.39 is 17.9 Å². The highest BCUT2D eigenvalue weighted by Crippen LogP contribution is 2.12. The molecule has 24 heavy (non-hydrogen) atoms. The molecule has 0 saturated heterocycles. The summed E-state index contributed by atoms with van der Waals surface area (Å²) in [4.78, 5) is 35.2. The molecule has 2 amide bonds. The summed E-state index contributed by atoms with van der Waals surface area (Å²) >= 11 is 0. The third-order valence-corrected chi connectivity index (χ3v) is 3.27. The summed E-state index contributed by atoms with van der Waals surface area (Å²) in [5.74, 6) is -1.20. The van der Waals surface area contributed by atoms with E-state index in [4.69, 9.17) is 10.00 Å². The Labute approximate surface area is 141 Å². The molecular formula is C17H21N3O4. The summed E-state index contributed by atoms with van der Waals surface area (Å²) in [7, 11) is 1.26. The van der Waals surface area contributed by atoms with Crippen molar-refractivity contribution in [3.8, 4) is 6.07 Å². The van der Waals surface area contributed by atoms with Gasteiger partial charge in [0.2, 0.25) is 5.91 Å². The van der Waals surface area contributed by atoms with E-state index in [9.17, 15) is 14.4 Å². The van der Waals surface area contributed by atoms with Crippen molar-refractivity contribution < 1.29 is 19.1 Å². The molecule has 0 unspecified atom stereocenters. The number of rotatable bonds is 8. The van der Waals surface area contributed by atoms with Gasteiger partial charge in [0.25, 0.3) is 5.91 Å². The number of benzene rings is 1. The largest absolute Gasteiger partial charge is 0.467 e. The Morgan fingerprint density at radius 1 is 1.29 bits per heavy atom. The fourth-order valence-corrected chi connectivity index (χ4v) is 2.13. The van der Waals surface area contributed by atoms with Crippen LogP contribution in [-0.2, 0) is 14.3 Å². The molecule has 0 bridgehead atoms. The fraction of sp³-hybridized carbons (Fsp3) is 0.412. The number of hydrogen-bond donors (Lipinski definition) is 2. The van der Waals surface area contributed by atoms with Gasteiger partial charge in [0.15, 0.2) is 0 Å². The van der Waals surface area contributed by atoms with Crippen molar-refractivity contribution in [2.75, 3.05) is 12.4 Å². The second-order valence-corrected chi connectivity index (χ2v) is 5.22. The van der Waals surface area contributed by atoms with Gasteiger partial charge in [0.1, 0.15) is 6.04 Å². The van der Waals surface area contributed by atoms with Crippen LogP contribution >= 0.6 is 0 Å². The first kappa shape index (κ1) is 19.2. The first-order valence-electron chi connectivity index (χ1n) is 7.61. The zero-order valence-electron chi connectivity index (χ0n) is 13.8. The molecule has 0 aliphatic carbocycles. The van der Waals surface area contributed by atoms with Crippen molar-refractivity contribution in [1.82, 2.24) is 5.32 Å². The van der Waals surface area contributed by atoms with Gasteiger partial charge < -0.3 is 15.4 Å². The quantitative estimate of drug-likeness (QED) is 0.559. The van der Waals surface area contributed by atoms with E-state index in [1.54, 1.807) is 18.2 Å². The minimum Gasteiger partial charge on any atom is -0.467 e.